The summed E-state index contributed by atoms with van der Waals surface area (Å²) in [6.07, 6.45) is 3.29. The van der Waals surface area contributed by atoms with Crippen LogP contribution in [-0.2, 0) is 4.79 Å². The van der Waals surface area contributed by atoms with Gasteiger partial charge >= 0.3 is 0 Å². The maximum absolute atomic E-state index is 12.7. The number of amides is 1. The number of anilines is 1. The lowest BCUT2D eigenvalue weighted by Crippen LogP contribution is -2.23. The van der Waals surface area contributed by atoms with Crippen LogP contribution in [0.1, 0.15) is 12.7 Å². The minimum Gasteiger partial charge on any atom is -0.469 e. The van der Waals surface area contributed by atoms with E-state index in [0.29, 0.717) is 22.4 Å². The Balaban J connectivity index is 1.51. The van der Waals surface area contributed by atoms with Gasteiger partial charge in [-0.05, 0) is 44.2 Å². The van der Waals surface area contributed by atoms with E-state index in [1.165, 1.54) is 16.4 Å². The number of carbonyl (C=O) groups excluding carboxylic acids is 1. The lowest BCUT2D eigenvalue weighted by Gasteiger charge is -2.13. The summed E-state index contributed by atoms with van der Waals surface area (Å²) < 4.78 is 6.66. The summed E-state index contributed by atoms with van der Waals surface area (Å²) in [6.45, 7) is 3.62. The van der Waals surface area contributed by atoms with Crippen molar-refractivity contribution in [3.63, 3.8) is 0 Å². The molecule has 8 nitrogen and oxygen atoms in total. The number of nitrogens with zero attached hydrogens (tertiary/aromatic N) is 4. The number of rotatable bonds is 5. The molecule has 28 heavy (non-hydrogen) atoms. The fraction of sp³-hybridized carbons (Fsp3) is 0.158. The molecule has 0 aliphatic heterocycles. The Kier molecular flexibility index (Phi) is 4.74. The second-order valence-corrected chi connectivity index (χ2v) is 7.50. The molecule has 9 heteroatoms. The Morgan fingerprint density at radius 1 is 1.25 bits per heavy atom. The van der Waals surface area contributed by atoms with E-state index in [-0.39, 0.29) is 5.91 Å². The minimum atomic E-state index is -0.434. The summed E-state index contributed by atoms with van der Waals surface area (Å²) in [5.41, 5.74) is 2.30. The Morgan fingerprint density at radius 3 is 2.89 bits per heavy atom. The summed E-state index contributed by atoms with van der Waals surface area (Å²) in [7, 11) is 0. The van der Waals surface area contributed by atoms with Gasteiger partial charge in [0.2, 0.25) is 11.1 Å². The largest absolute Gasteiger partial charge is 0.469 e. The molecular formula is C19H18N6O2S. The molecule has 1 unspecified atom stereocenters. The Hall–Kier alpha value is -3.33. The number of thioether (sulfide) groups is 1. The van der Waals surface area contributed by atoms with Gasteiger partial charge in [0.1, 0.15) is 5.76 Å². The van der Waals surface area contributed by atoms with Crippen LogP contribution in [-0.4, -0.2) is 31.0 Å². The van der Waals surface area contributed by atoms with E-state index in [4.69, 9.17) is 10.3 Å². The van der Waals surface area contributed by atoms with Crippen molar-refractivity contribution in [2.75, 3.05) is 11.2 Å². The van der Waals surface area contributed by atoms with Crippen molar-refractivity contribution in [1.82, 2.24) is 19.9 Å². The molecule has 0 fully saturated rings. The van der Waals surface area contributed by atoms with Crippen LogP contribution in [0.25, 0.3) is 22.3 Å². The van der Waals surface area contributed by atoms with E-state index < -0.39 is 5.25 Å². The standard InChI is InChI=1S/C19H18N6O2S/c1-11-13(8-10-27-11)17-23-24-19(25(17)20)28-12(2)18(26)22-16-7-3-6-15-14(16)5-4-9-21-15/h3-10,12H,20H2,1-2H3,(H,22,26). The van der Waals surface area contributed by atoms with Gasteiger partial charge in [-0.1, -0.05) is 17.8 Å². The van der Waals surface area contributed by atoms with Crippen LogP contribution in [0.2, 0.25) is 0 Å². The van der Waals surface area contributed by atoms with Crippen LogP contribution < -0.4 is 11.2 Å². The quantitative estimate of drug-likeness (QED) is 0.395. The van der Waals surface area contributed by atoms with Gasteiger partial charge in [-0.2, -0.15) is 0 Å². The van der Waals surface area contributed by atoms with Crippen molar-refractivity contribution in [3.8, 4) is 11.4 Å². The zero-order valence-electron chi connectivity index (χ0n) is 15.3. The number of pyridine rings is 1. The highest BCUT2D eigenvalue weighted by Crippen LogP contribution is 2.28. The number of nitrogens with one attached hydrogen (secondary N) is 1. The van der Waals surface area contributed by atoms with Crippen molar-refractivity contribution in [1.29, 1.82) is 0 Å². The molecule has 0 spiro atoms. The second-order valence-electron chi connectivity index (χ2n) is 6.19. The molecule has 142 valence electrons. The monoisotopic (exact) mass is 394 g/mol. The van der Waals surface area contributed by atoms with Gasteiger partial charge < -0.3 is 15.6 Å². The zero-order valence-corrected chi connectivity index (χ0v) is 16.1. The Bertz CT molecular complexity index is 1150. The van der Waals surface area contributed by atoms with E-state index in [1.807, 2.05) is 37.3 Å². The van der Waals surface area contributed by atoms with Crippen LogP contribution in [0.3, 0.4) is 0 Å². The SMILES string of the molecule is Cc1occc1-c1nnc(SC(C)C(=O)Nc2cccc3ncccc23)n1N. The Morgan fingerprint density at radius 2 is 2.11 bits per heavy atom. The topological polar surface area (TPSA) is 112 Å². The minimum absolute atomic E-state index is 0.162. The third-order valence-corrected chi connectivity index (χ3v) is 5.38. The average Bonchev–Trinajstić information content (AvgIpc) is 3.27. The number of hydrogen-bond acceptors (Lipinski definition) is 7. The van der Waals surface area contributed by atoms with Crippen molar-refractivity contribution < 1.29 is 9.21 Å². The van der Waals surface area contributed by atoms with Crippen molar-refractivity contribution in [2.24, 2.45) is 0 Å². The second kappa shape index (κ2) is 7.35. The molecule has 0 bridgehead atoms. The number of hydrogen-bond donors (Lipinski definition) is 2. The molecule has 3 aromatic heterocycles. The van der Waals surface area contributed by atoms with Gasteiger partial charge in [0, 0.05) is 11.6 Å². The maximum Gasteiger partial charge on any atom is 0.237 e. The number of fused-ring (bicyclic) bond motifs is 1. The molecule has 0 aliphatic carbocycles. The lowest BCUT2D eigenvalue weighted by atomic mass is 10.2. The van der Waals surface area contributed by atoms with Gasteiger partial charge in [0.25, 0.3) is 0 Å². The first-order valence-corrected chi connectivity index (χ1v) is 9.49. The van der Waals surface area contributed by atoms with Crippen molar-refractivity contribution in [3.05, 3.63) is 54.6 Å². The molecule has 1 amide bonds. The highest BCUT2D eigenvalue weighted by molar-refractivity contribution is 8.00. The first-order chi connectivity index (χ1) is 13.5. The Labute approximate surface area is 165 Å². The van der Waals surface area contributed by atoms with Crippen LogP contribution in [0.15, 0.2) is 58.4 Å². The van der Waals surface area contributed by atoms with Crippen molar-refractivity contribution >= 4 is 34.3 Å². The summed E-state index contributed by atoms with van der Waals surface area (Å²) in [4.78, 5) is 17.0. The number of nitrogens with two attached hydrogens (primary N) is 1. The first-order valence-electron chi connectivity index (χ1n) is 8.61. The summed E-state index contributed by atoms with van der Waals surface area (Å²) in [5.74, 6) is 7.15. The summed E-state index contributed by atoms with van der Waals surface area (Å²) >= 11 is 1.23. The van der Waals surface area contributed by atoms with Gasteiger partial charge in [-0.15, -0.1) is 10.2 Å². The fourth-order valence-electron chi connectivity index (χ4n) is 2.82. The molecule has 0 aliphatic rings. The first kappa shape index (κ1) is 18.1. The number of aryl methyl sites for hydroxylation is 1. The van der Waals surface area contributed by atoms with Crippen LogP contribution in [0, 0.1) is 6.92 Å². The molecule has 0 saturated heterocycles. The molecule has 3 N–H and O–H groups in total. The van der Waals surface area contributed by atoms with E-state index in [0.717, 1.165) is 16.5 Å². The summed E-state index contributed by atoms with van der Waals surface area (Å²) in [5, 5.41) is 12.1. The smallest absolute Gasteiger partial charge is 0.237 e. The molecule has 4 rings (SSSR count). The van der Waals surface area contributed by atoms with Crippen LogP contribution >= 0.6 is 11.8 Å². The van der Waals surface area contributed by atoms with E-state index >= 15 is 0 Å². The van der Waals surface area contributed by atoms with Gasteiger partial charge in [-0.25, -0.2) is 4.68 Å². The van der Waals surface area contributed by atoms with Gasteiger partial charge in [-0.3, -0.25) is 9.78 Å². The van der Waals surface area contributed by atoms with E-state index in [1.54, 1.807) is 25.5 Å². The highest BCUT2D eigenvalue weighted by atomic mass is 32.2. The lowest BCUT2D eigenvalue weighted by molar-refractivity contribution is -0.115. The maximum atomic E-state index is 12.7. The van der Waals surface area contributed by atoms with Gasteiger partial charge in [0.05, 0.1) is 28.3 Å². The van der Waals surface area contributed by atoms with E-state index in [2.05, 4.69) is 20.5 Å². The normalized spacial score (nSPS) is 12.2. The molecule has 1 aromatic carbocycles. The number of benzene rings is 1. The van der Waals surface area contributed by atoms with Crippen LogP contribution in [0.4, 0.5) is 5.69 Å². The number of aromatic nitrogens is 4. The van der Waals surface area contributed by atoms with Crippen LogP contribution in [0.5, 0.6) is 0 Å². The zero-order chi connectivity index (χ0) is 19.7. The third kappa shape index (κ3) is 3.31. The number of carbonyl (C=O) groups is 1. The highest BCUT2D eigenvalue weighted by Gasteiger charge is 2.21. The third-order valence-electron chi connectivity index (χ3n) is 4.32. The molecule has 0 radical (unpaired) electrons. The van der Waals surface area contributed by atoms with Gasteiger partial charge in [0.15, 0.2) is 5.82 Å². The fourth-order valence-corrected chi connectivity index (χ4v) is 3.59. The molecule has 0 saturated carbocycles. The summed E-state index contributed by atoms with van der Waals surface area (Å²) in [6, 6.07) is 11.2. The number of nitrogen functional groups attached to an aromatic ring is 1. The molecule has 3 heterocycles. The predicted molar refractivity (Wildman–Crippen MR) is 108 cm³/mol. The van der Waals surface area contributed by atoms with E-state index in [9.17, 15) is 4.79 Å². The molecular weight excluding hydrogens is 376 g/mol. The molecule has 1 atom stereocenters. The number of furan rings is 1. The average molecular weight is 394 g/mol. The molecule has 4 aromatic rings. The predicted octanol–water partition coefficient (Wildman–Crippen LogP) is 3.23. The van der Waals surface area contributed by atoms with Crippen molar-refractivity contribution in [2.45, 2.75) is 24.3 Å².